The summed E-state index contributed by atoms with van der Waals surface area (Å²) in [5.41, 5.74) is 7.37. The van der Waals surface area contributed by atoms with E-state index in [1.54, 1.807) is 12.1 Å². The van der Waals surface area contributed by atoms with Gasteiger partial charge in [0.1, 0.15) is 0 Å². The van der Waals surface area contributed by atoms with Crippen molar-refractivity contribution in [1.82, 2.24) is 4.72 Å². The highest BCUT2D eigenvalue weighted by molar-refractivity contribution is 7.89. The summed E-state index contributed by atoms with van der Waals surface area (Å²) in [7, 11) is -1.99. The molecule has 0 spiro atoms. The maximum Gasteiger partial charge on any atom is 0.240 e. The number of nitrogens with two attached hydrogens (primary N) is 1. The largest absolute Gasteiger partial charge is 0.398 e. The fraction of sp³-hybridized carbons (Fsp3) is 0.455. The molecule has 1 aromatic rings. The van der Waals surface area contributed by atoms with Crippen molar-refractivity contribution < 1.29 is 8.42 Å². The van der Waals surface area contributed by atoms with Gasteiger partial charge in [-0.25, -0.2) is 13.1 Å². The lowest BCUT2D eigenvalue weighted by atomic mass is 9.97. The Bertz CT molecular complexity index is 469. The van der Waals surface area contributed by atoms with Crippen LogP contribution in [0.2, 0.25) is 0 Å². The highest BCUT2D eigenvalue weighted by atomic mass is 32.2. The highest BCUT2D eigenvalue weighted by Gasteiger charge is 2.15. The van der Waals surface area contributed by atoms with Gasteiger partial charge in [0.15, 0.2) is 0 Å². The molecule has 0 amide bonds. The molecule has 1 atom stereocenters. The van der Waals surface area contributed by atoms with Gasteiger partial charge in [0.2, 0.25) is 10.0 Å². The molecule has 0 bridgehead atoms. The lowest BCUT2D eigenvalue weighted by Gasteiger charge is -2.13. The summed E-state index contributed by atoms with van der Waals surface area (Å²) in [6.07, 6.45) is 0.924. The molecule has 16 heavy (non-hydrogen) atoms. The monoisotopic (exact) mass is 242 g/mol. The lowest BCUT2D eigenvalue weighted by Crippen LogP contribution is -2.19. The molecule has 0 saturated heterocycles. The zero-order valence-corrected chi connectivity index (χ0v) is 10.6. The van der Waals surface area contributed by atoms with Crippen LogP contribution in [0.5, 0.6) is 0 Å². The van der Waals surface area contributed by atoms with Gasteiger partial charge in [0.25, 0.3) is 0 Å². The molecule has 0 aliphatic carbocycles. The number of hydrogen-bond acceptors (Lipinski definition) is 3. The Hall–Kier alpha value is -1.07. The first-order valence-electron chi connectivity index (χ1n) is 5.25. The van der Waals surface area contributed by atoms with Gasteiger partial charge in [-0.05, 0) is 43.1 Å². The second-order valence-corrected chi connectivity index (χ2v) is 5.69. The van der Waals surface area contributed by atoms with Crippen molar-refractivity contribution >= 4 is 15.7 Å². The Balaban J connectivity index is 3.28. The van der Waals surface area contributed by atoms with Crippen LogP contribution in [0, 0.1) is 0 Å². The van der Waals surface area contributed by atoms with Gasteiger partial charge in [-0.3, -0.25) is 0 Å². The van der Waals surface area contributed by atoms with Crippen LogP contribution in [-0.4, -0.2) is 15.5 Å². The van der Waals surface area contributed by atoms with Crippen LogP contribution in [0.1, 0.15) is 31.7 Å². The molecule has 3 N–H and O–H groups in total. The van der Waals surface area contributed by atoms with Crippen molar-refractivity contribution in [2.75, 3.05) is 12.8 Å². The number of benzene rings is 1. The number of sulfonamides is 1. The van der Waals surface area contributed by atoms with E-state index in [4.69, 9.17) is 5.73 Å². The number of nitrogens with one attached hydrogen (secondary N) is 1. The van der Waals surface area contributed by atoms with Crippen LogP contribution in [0.25, 0.3) is 0 Å². The predicted molar refractivity (Wildman–Crippen MR) is 65.8 cm³/mol. The minimum absolute atomic E-state index is 0.256. The molecule has 0 radical (unpaired) electrons. The summed E-state index contributed by atoms with van der Waals surface area (Å²) in [5.74, 6) is 0.256. The van der Waals surface area contributed by atoms with Gasteiger partial charge >= 0.3 is 0 Å². The normalized spacial score (nSPS) is 13.7. The smallest absolute Gasteiger partial charge is 0.240 e. The van der Waals surface area contributed by atoms with Crippen LogP contribution in [0.4, 0.5) is 5.69 Å². The average Bonchev–Trinajstić information content (AvgIpc) is 2.28. The summed E-state index contributed by atoms with van der Waals surface area (Å²) in [4.78, 5) is 0.263. The number of nitrogen functional groups attached to an aromatic ring is 1. The first-order chi connectivity index (χ1) is 7.42. The van der Waals surface area contributed by atoms with E-state index in [1.165, 1.54) is 13.1 Å². The molecule has 0 heterocycles. The fourth-order valence-electron chi connectivity index (χ4n) is 1.48. The summed E-state index contributed by atoms with van der Waals surface area (Å²) in [6, 6.07) is 4.81. The van der Waals surface area contributed by atoms with Crippen LogP contribution >= 0.6 is 0 Å². The number of anilines is 1. The molecule has 0 fully saturated rings. The van der Waals surface area contributed by atoms with Crippen molar-refractivity contribution in [2.24, 2.45) is 0 Å². The minimum atomic E-state index is -3.38. The van der Waals surface area contributed by atoms with Crippen LogP contribution in [-0.2, 0) is 10.0 Å². The zero-order valence-electron chi connectivity index (χ0n) is 9.82. The Morgan fingerprint density at radius 3 is 2.56 bits per heavy atom. The maximum atomic E-state index is 11.6. The highest BCUT2D eigenvalue weighted by Crippen LogP contribution is 2.27. The van der Waals surface area contributed by atoms with E-state index >= 15 is 0 Å². The Kier molecular flexibility index (Phi) is 3.93. The van der Waals surface area contributed by atoms with Crippen LogP contribution in [0.3, 0.4) is 0 Å². The Morgan fingerprint density at radius 1 is 1.44 bits per heavy atom. The van der Waals surface area contributed by atoms with Crippen LogP contribution < -0.4 is 10.5 Å². The molecule has 0 aromatic heterocycles. The molecule has 5 heteroatoms. The van der Waals surface area contributed by atoms with Crippen LogP contribution in [0.15, 0.2) is 23.1 Å². The molecule has 4 nitrogen and oxygen atoms in total. The van der Waals surface area contributed by atoms with Gasteiger partial charge in [0, 0.05) is 5.69 Å². The quantitative estimate of drug-likeness (QED) is 0.789. The molecular weight excluding hydrogens is 224 g/mol. The third-order valence-electron chi connectivity index (χ3n) is 2.78. The van der Waals surface area contributed by atoms with Crippen molar-refractivity contribution in [2.45, 2.75) is 31.1 Å². The zero-order chi connectivity index (χ0) is 12.3. The van der Waals surface area contributed by atoms with E-state index in [2.05, 4.69) is 4.72 Å². The molecule has 1 rings (SSSR count). The van der Waals surface area contributed by atoms with E-state index in [-0.39, 0.29) is 10.8 Å². The SMILES string of the molecule is CC[C@H](C)c1cc(S(=O)(=O)NC)ccc1N. The molecule has 0 aliphatic heterocycles. The first-order valence-corrected chi connectivity index (χ1v) is 6.73. The first kappa shape index (κ1) is 13.0. The van der Waals surface area contributed by atoms with E-state index < -0.39 is 10.0 Å². The second-order valence-electron chi connectivity index (χ2n) is 3.81. The lowest BCUT2D eigenvalue weighted by molar-refractivity contribution is 0.588. The third kappa shape index (κ3) is 2.54. The van der Waals surface area contributed by atoms with Gasteiger partial charge in [0.05, 0.1) is 4.90 Å². The summed E-state index contributed by atoms with van der Waals surface area (Å²) in [5, 5.41) is 0. The fourth-order valence-corrected chi connectivity index (χ4v) is 2.25. The minimum Gasteiger partial charge on any atom is -0.398 e. The summed E-state index contributed by atoms with van der Waals surface area (Å²) < 4.78 is 25.5. The second kappa shape index (κ2) is 4.84. The molecule has 0 aliphatic rings. The summed E-state index contributed by atoms with van der Waals surface area (Å²) in [6.45, 7) is 4.07. The van der Waals surface area contributed by atoms with Gasteiger partial charge in [-0.1, -0.05) is 13.8 Å². The van der Waals surface area contributed by atoms with Crippen molar-refractivity contribution in [3.63, 3.8) is 0 Å². The van der Waals surface area contributed by atoms with Crippen molar-refractivity contribution in [3.05, 3.63) is 23.8 Å². The maximum absolute atomic E-state index is 11.6. The summed E-state index contributed by atoms with van der Waals surface area (Å²) >= 11 is 0. The average molecular weight is 242 g/mol. The van der Waals surface area contributed by atoms with E-state index in [1.807, 2.05) is 13.8 Å². The van der Waals surface area contributed by atoms with Crippen molar-refractivity contribution in [3.8, 4) is 0 Å². The standard InChI is InChI=1S/C11H18N2O2S/c1-4-8(2)10-7-9(5-6-11(10)12)16(14,15)13-3/h5-8,13H,4,12H2,1-3H3/t8-/m0/s1. The van der Waals surface area contributed by atoms with Gasteiger partial charge in [-0.15, -0.1) is 0 Å². The Labute approximate surface area is 96.9 Å². The molecule has 0 unspecified atom stereocenters. The van der Waals surface area contributed by atoms with E-state index in [9.17, 15) is 8.42 Å². The van der Waals surface area contributed by atoms with Gasteiger partial charge < -0.3 is 5.73 Å². The van der Waals surface area contributed by atoms with E-state index in [0.717, 1.165) is 12.0 Å². The molecule has 0 saturated carbocycles. The topological polar surface area (TPSA) is 72.2 Å². The molecule has 90 valence electrons. The Morgan fingerprint density at radius 2 is 2.06 bits per heavy atom. The molecule has 1 aromatic carbocycles. The van der Waals surface area contributed by atoms with Crippen molar-refractivity contribution in [1.29, 1.82) is 0 Å². The number of hydrogen-bond donors (Lipinski definition) is 2. The van der Waals surface area contributed by atoms with E-state index in [0.29, 0.717) is 5.69 Å². The third-order valence-corrected chi connectivity index (χ3v) is 4.19. The predicted octanol–water partition coefficient (Wildman–Crippen LogP) is 1.69. The van der Waals surface area contributed by atoms with Gasteiger partial charge in [-0.2, -0.15) is 0 Å². The number of rotatable bonds is 4. The molecular formula is C11H18N2O2S.